The zero-order valence-corrected chi connectivity index (χ0v) is 10.3. The average Bonchev–Trinajstić information content (AvgIpc) is 2.29. The second-order valence-electron chi connectivity index (χ2n) is 3.90. The van der Waals surface area contributed by atoms with Gasteiger partial charge in [-0.1, -0.05) is 49.7 Å². The van der Waals surface area contributed by atoms with Gasteiger partial charge in [0.2, 0.25) is 0 Å². The first-order valence-corrected chi connectivity index (χ1v) is 5.52. The van der Waals surface area contributed by atoms with E-state index in [2.05, 4.69) is 13.0 Å². The fraction of sp³-hybridized carbons (Fsp3) is 0.286. The first-order chi connectivity index (χ1) is 7.33. The summed E-state index contributed by atoms with van der Waals surface area (Å²) in [7, 11) is 0. The lowest BCUT2D eigenvalue weighted by Crippen LogP contribution is -1.86. The molecule has 0 heterocycles. The van der Waals surface area contributed by atoms with Crippen molar-refractivity contribution in [2.24, 2.45) is 0 Å². The van der Waals surface area contributed by atoms with E-state index in [9.17, 15) is 5.11 Å². The Morgan fingerprint density at radius 1 is 1.06 bits per heavy atom. The number of unbranched alkanes of at least 4 members (excludes halogenated alkanes) is 1. The van der Waals surface area contributed by atoms with Gasteiger partial charge in [-0.25, -0.2) is 0 Å². The summed E-state index contributed by atoms with van der Waals surface area (Å²) in [5.41, 5.74) is 1.07. The lowest BCUT2D eigenvalue weighted by molar-refractivity contribution is 0.473. The maximum atomic E-state index is 10.1. The van der Waals surface area contributed by atoms with Gasteiger partial charge in [0.05, 0.1) is 0 Å². The molecule has 0 amide bonds. The molecule has 0 radical (unpaired) electrons. The minimum absolute atomic E-state index is 0. The van der Waals surface area contributed by atoms with Crippen LogP contribution in [0.5, 0.6) is 5.75 Å². The third kappa shape index (κ3) is 2.48. The number of phenols is 1. The number of hydrogen-bond acceptors (Lipinski definition) is 1. The summed E-state index contributed by atoms with van der Waals surface area (Å²) in [4.78, 5) is 0. The predicted molar refractivity (Wildman–Crippen MR) is 71.5 cm³/mol. The van der Waals surface area contributed by atoms with Crippen LogP contribution in [0.4, 0.5) is 0 Å². The van der Waals surface area contributed by atoms with Crippen LogP contribution in [-0.2, 0) is 6.42 Å². The van der Waals surface area contributed by atoms with Crippen LogP contribution in [0.1, 0.15) is 25.3 Å². The average molecular weight is 237 g/mol. The van der Waals surface area contributed by atoms with E-state index < -0.39 is 0 Å². The quantitative estimate of drug-likeness (QED) is 0.842. The molecule has 0 saturated heterocycles. The summed E-state index contributed by atoms with van der Waals surface area (Å²) >= 11 is 0. The highest BCUT2D eigenvalue weighted by Gasteiger charge is 2.04. The molecule has 0 aliphatic rings. The van der Waals surface area contributed by atoms with E-state index in [-0.39, 0.29) is 12.4 Å². The minimum Gasteiger partial charge on any atom is -0.507 e. The highest BCUT2D eigenvalue weighted by molar-refractivity contribution is 5.89. The monoisotopic (exact) mass is 236 g/mol. The number of fused-ring (bicyclic) bond motifs is 1. The molecular weight excluding hydrogens is 220 g/mol. The molecule has 2 aromatic rings. The van der Waals surface area contributed by atoms with Crippen LogP contribution in [0.25, 0.3) is 10.8 Å². The maximum Gasteiger partial charge on any atom is 0.126 e. The molecule has 86 valence electrons. The molecular formula is C14H17ClO. The van der Waals surface area contributed by atoms with Gasteiger partial charge in [0.15, 0.2) is 0 Å². The molecule has 2 heteroatoms. The Labute approximate surface area is 103 Å². The first-order valence-electron chi connectivity index (χ1n) is 5.52. The van der Waals surface area contributed by atoms with Crippen LogP contribution < -0.4 is 0 Å². The topological polar surface area (TPSA) is 20.2 Å². The van der Waals surface area contributed by atoms with Crippen LogP contribution in [0.15, 0.2) is 36.4 Å². The van der Waals surface area contributed by atoms with Crippen molar-refractivity contribution >= 4 is 23.2 Å². The van der Waals surface area contributed by atoms with Crippen molar-refractivity contribution in [3.8, 4) is 5.75 Å². The van der Waals surface area contributed by atoms with Crippen molar-refractivity contribution < 1.29 is 5.11 Å². The molecule has 2 aromatic carbocycles. The molecule has 2 rings (SSSR count). The van der Waals surface area contributed by atoms with Crippen LogP contribution in [0, 0.1) is 0 Å². The van der Waals surface area contributed by atoms with E-state index >= 15 is 0 Å². The Kier molecular flexibility index (Phi) is 4.63. The second kappa shape index (κ2) is 5.76. The van der Waals surface area contributed by atoms with E-state index in [0.29, 0.717) is 5.75 Å². The van der Waals surface area contributed by atoms with Crippen LogP contribution in [0.2, 0.25) is 0 Å². The zero-order valence-electron chi connectivity index (χ0n) is 9.44. The highest BCUT2D eigenvalue weighted by atomic mass is 35.5. The molecule has 0 spiro atoms. The SMILES string of the molecule is CCCCc1ccc2ccccc2c1O.Cl. The Morgan fingerprint density at radius 2 is 1.81 bits per heavy atom. The fourth-order valence-electron chi connectivity index (χ4n) is 1.87. The minimum atomic E-state index is 0. The van der Waals surface area contributed by atoms with Gasteiger partial charge in [-0.05, 0) is 23.8 Å². The van der Waals surface area contributed by atoms with Crippen molar-refractivity contribution in [2.45, 2.75) is 26.2 Å². The molecule has 0 aromatic heterocycles. The largest absolute Gasteiger partial charge is 0.507 e. The van der Waals surface area contributed by atoms with Crippen molar-refractivity contribution in [1.29, 1.82) is 0 Å². The van der Waals surface area contributed by atoms with Gasteiger partial charge >= 0.3 is 0 Å². The normalized spacial score (nSPS) is 10.1. The molecule has 1 nitrogen and oxygen atoms in total. The molecule has 0 atom stereocenters. The summed E-state index contributed by atoms with van der Waals surface area (Å²) in [6.07, 6.45) is 3.26. The van der Waals surface area contributed by atoms with Crippen LogP contribution in [0.3, 0.4) is 0 Å². The van der Waals surface area contributed by atoms with Gasteiger partial charge in [0, 0.05) is 5.39 Å². The number of halogens is 1. The third-order valence-corrected chi connectivity index (χ3v) is 2.78. The van der Waals surface area contributed by atoms with E-state index in [4.69, 9.17) is 0 Å². The Bertz CT molecular complexity index is 465. The van der Waals surface area contributed by atoms with Crippen molar-refractivity contribution in [1.82, 2.24) is 0 Å². The summed E-state index contributed by atoms with van der Waals surface area (Å²) in [6, 6.07) is 12.1. The van der Waals surface area contributed by atoms with E-state index in [1.165, 1.54) is 0 Å². The standard InChI is InChI=1S/C14H16O.ClH/c1-2-3-6-12-10-9-11-7-4-5-8-13(11)14(12)15;/h4-5,7-10,15H,2-3,6H2,1H3;1H. The number of phenolic OH excluding ortho intramolecular Hbond substituents is 1. The van der Waals surface area contributed by atoms with Gasteiger partial charge in [0.25, 0.3) is 0 Å². The first kappa shape index (κ1) is 12.9. The molecule has 0 saturated carbocycles. The van der Waals surface area contributed by atoms with Crippen LogP contribution >= 0.6 is 12.4 Å². The van der Waals surface area contributed by atoms with Gasteiger partial charge in [-0.15, -0.1) is 12.4 Å². The molecule has 0 bridgehead atoms. The molecule has 0 aliphatic heterocycles. The number of rotatable bonds is 3. The number of benzene rings is 2. The maximum absolute atomic E-state index is 10.1. The zero-order chi connectivity index (χ0) is 10.7. The highest BCUT2D eigenvalue weighted by Crippen LogP contribution is 2.29. The van der Waals surface area contributed by atoms with E-state index in [0.717, 1.165) is 35.6 Å². The van der Waals surface area contributed by atoms with Crippen molar-refractivity contribution in [2.75, 3.05) is 0 Å². The molecule has 1 N–H and O–H groups in total. The third-order valence-electron chi connectivity index (χ3n) is 2.78. The molecule has 0 unspecified atom stereocenters. The lowest BCUT2D eigenvalue weighted by Gasteiger charge is -2.07. The number of aryl methyl sites for hydroxylation is 1. The van der Waals surface area contributed by atoms with Gasteiger partial charge in [-0.3, -0.25) is 0 Å². The number of aromatic hydroxyl groups is 1. The second-order valence-corrected chi connectivity index (χ2v) is 3.90. The van der Waals surface area contributed by atoms with Gasteiger partial charge < -0.3 is 5.11 Å². The van der Waals surface area contributed by atoms with Gasteiger partial charge in [-0.2, -0.15) is 0 Å². The van der Waals surface area contributed by atoms with E-state index in [1.54, 1.807) is 0 Å². The summed E-state index contributed by atoms with van der Waals surface area (Å²) in [5.74, 6) is 0.460. The Morgan fingerprint density at radius 3 is 2.56 bits per heavy atom. The Balaban J connectivity index is 0.00000128. The summed E-state index contributed by atoms with van der Waals surface area (Å²) in [6.45, 7) is 2.16. The van der Waals surface area contributed by atoms with Crippen LogP contribution in [-0.4, -0.2) is 5.11 Å². The lowest BCUT2D eigenvalue weighted by atomic mass is 10.0. The summed E-state index contributed by atoms with van der Waals surface area (Å²) < 4.78 is 0. The van der Waals surface area contributed by atoms with Gasteiger partial charge in [0.1, 0.15) is 5.75 Å². The Hall–Kier alpha value is -1.21. The fourth-order valence-corrected chi connectivity index (χ4v) is 1.87. The molecule has 0 fully saturated rings. The molecule has 0 aliphatic carbocycles. The summed E-state index contributed by atoms with van der Waals surface area (Å²) in [5, 5.41) is 12.1. The number of hydrogen-bond donors (Lipinski definition) is 1. The van der Waals surface area contributed by atoms with Crippen molar-refractivity contribution in [3.63, 3.8) is 0 Å². The van der Waals surface area contributed by atoms with E-state index in [1.807, 2.05) is 30.3 Å². The van der Waals surface area contributed by atoms with Crippen molar-refractivity contribution in [3.05, 3.63) is 42.0 Å². The molecule has 16 heavy (non-hydrogen) atoms. The smallest absolute Gasteiger partial charge is 0.126 e. The predicted octanol–water partition coefficient (Wildman–Crippen LogP) is 4.31.